The van der Waals surface area contributed by atoms with E-state index in [0.717, 1.165) is 34.2 Å². The lowest BCUT2D eigenvalue weighted by atomic mass is 9.95. The minimum absolute atomic E-state index is 0.0526. The predicted molar refractivity (Wildman–Crippen MR) is 127 cm³/mol. The zero-order valence-electron chi connectivity index (χ0n) is 18.7. The van der Waals surface area contributed by atoms with Crippen molar-refractivity contribution < 1.29 is 4.79 Å². The number of hydrogen-bond acceptors (Lipinski definition) is 5. The molecule has 7 nitrogen and oxygen atoms in total. The molecule has 5 rings (SSSR count). The van der Waals surface area contributed by atoms with Gasteiger partial charge in [-0.2, -0.15) is 5.10 Å². The molecule has 1 saturated heterocycles. The summed E-state index contributed by atoms with van der Waals surface area (Å²) in [7, 11) is 0. The van der Waals surface area contributed by atoms with Gasteiger partial charge in [-0.15, -0.1) is 0 Å². The Kier molecular flexibility index (Phi) is 5.60. The summed E-state index contributed by atoms with van der Waals surface area (Å²) >= 11 is 0. The van der Waals surface area contributed by atoms with Crippen LogP contribution in [0.2, 0.25) is 0 Å². The smallest absolute Gasteiger partial charge is 0.227 e. The zero-order valence-corrected chi connectivity index (χ0v) is 18.7. The summed E-state index contributed by atoms with van der Waals surface area (Å²) in [5.41, 5.74) is 4.10. The van der Waals surface area contributed by atoms with Crippen molar-refractivity contribution in [1.29, 1.82) is 0 Å². The van der Waals surface area contributed by atoms with Crippen LogP contribution in [0.15, 0.2) is 79.1 Å². The Hall–Kier alpha value is -4.00. The third kappa shape index (κ3) is 4.35. The van der Waals surface area contributed by atoms with E-state index in [1.807, 2.05) is 91.3 Å². The van der Waals surface area contributed by atoms with Gasteiger partial charge in [0.2, 0.25) is 5.91 Å². The monoisotopic (exact) mass is 438 g/mol. The Labute approximate surface area is 193 Å². The molecule has 0 radical (unpaired) electrons. The first-order chi connectivity index (χ1) is 16.1. The summed E-state index contributed by atoms with van der Waals surface area (Å²) < 4.78 is 1.81. The van der Waals surface area contributed by atoms with Crippen LogP contribution in [-0.2, 0) is 4.79 Å². The number of aromatic nitrogens is 4. The lowest BCUT2D eigenvalue weighted by Crippen LogP contribution is -2.54. The highest BCUT2D eigenvalue weighted by Crippen LogP contribution is 2.27. The fourth-order valence-corrected chi connectivity index (χ4v) is 4.23. The summed E-state index contributed by atoms with van der Waals surface area (Å²) in [4.78, 5) is 24.0. The maximum Gasteiger partial charge on any atom is 0.227 e. The number of hydrogen-bond donors (Lipinski definition) is 1. The average Bonchev–Trinajstić information content (AvgIpc) is 3.16. The molecule has 3 heterocycles. The zero-order chi connectivity index (χ0) is 22.8. The topological polar surface area (TPSA) is 75.9 Å². The summed E-state index contributed by atoms with van der Waals surface area (Å²) in [5.74, 6) is 1.50. The molecule has 0 spiro atoms. The van der Waals surface area contributed by atoms with Gasteiger partial charge >= 0.3 is 0 Å². The number of carbonyl (C=O) groups is 1. The van der Waals surface area contributed by atoms with E-state index in [0.29, 0.717) is 13.1 Å². The number of nitrogens with zero attached hydrogens (tertiary/aromatic N) is 5. The molecular weight excluding hydrogens is 412 g/mol. The van der Waals surface area contributed by atoms with E-state index in [1.165, 1.54) is 0 Å². The minimum atomic E-state index is -0.175. The number of nitrogens with one attached hydrogen (secondary N) is 1. The standard InChI is InChI=1S/C26H26N6O/c1-18-13-19(2)32(30-18)24-14-23(27-17-28-24)31-15-22(16-31)26(33)29-25(20-9-5-3-6-10-20)21-11-7-4-8-12-21/h3-14,17,22,25H,15-16H2,1-2H3,(H,29,33). The molecule has 1 N–H and O–H groups in total. The third-order valence-corrected chi connectivity index (χ3v) is 5.99. The van der Waals surface area contributed by atoms with Gasteiger partial charge in [0.15, 0.2) is 5.82 Å². The van der Waals surface area contributed by atoms with Crippen LogP contribution < -0.4 is 10.2 Å². The van der Waals surface area contributed by atoms with Crippen LogP contribution in [-0.4, -0.2) is 38.7 Å². The Bertz CT molecular complexity index is 1210. The Balaban J connectivity index is 1.28. The number of carbonyl (C=O) groups excluding carboxylic acids is 1. The van der Waals surface area contributed by atoms with Gasteiger partial charge in [0.05, 0.1) is 17.7 Å². The Morgan fingerprint density at radius 2 is 1.52 bits per heavy atom. The van der Waals surface area contributed by atoms with Gasteiger partial charge < -0.3 is 10.2 Å². The van der Waals surface area contributed by atoms with E-state index < -0.39 is 0 Å². The van der Waals surface area contributed by atoms with E-state index in [4.69, 9.17) is 0 Å². The van der Waals surface area contributed by atoms with E-state index in [2.05, 4.69) is 25.3 Å². The number of rotatable bonds is 6. The van der Waals surface area contributed by atoms with Gasteiger partial charge in [-0.3, -0.25) is 4.79 Å². The van der Waals surface area contributed by atoms with Crippen LogP contribution in [0, 0.1) is 19.8 Å². The second-order valence-corrected chi connectivity index (χ2v) is 8.44. The molecule has 2 aromatic heterocycles. The Morgan fingerprint density at radius 3 is 2.09 bits per heavy atom. The molecule has 0 saturated carbocycles. The molecule has 7 heteroatoms. The van der Waals surface area contributed by atoms with Crippen molar-refractivity contribution >= 4 is 11.7 Å². The van der Waals surface area contributed by atoms with Gasteiger partial charge in [-0.05, 0) is 31.0 Å². The first kappa shape index (κ1) is 20.9. The molecule has 1 amide bonds. The predicted octanol–water partition coefficient (Wildman–Crippen LogP) is 3.62. The van der Waals surface area contributed by atoms with Gasteiger partial charge in [-0.1, -0.05) is 60.7 Å². The van der Waals surface area contributed by atoms with Crippen LogP contribution >= 0.6 is 0 Å². The second-order valence-electron chi connectivity index (χ2n) is 8.44. The van der Waals surface area contributed by atoms with Crippen molar-refractivity contribution in [2.45, 2.75) is 19.9 Å². The molecule has 1 aliphatic heterocycles. The summed E-state index contributed by atoms with van der Waals surface area (Å²) in [6.45, 7) is 5.20. The average molecular weight is 439 g/mol. The molecule has 0 atom stereocenters. The molecular formula is C26H26N6O. The molecule has 0 aliphatic carbocycles. The molecule has 1 fully saturated rings. The normalized spacial score (nSPS) is 13.7. The lowest BCUT2D eigenvalue weighted by Gasteiger charge is -2.39. The van der Waals surface area contributed by atoms with Crippen LogP contribution in [0.25, 0.3) is 5.82 Å². The molecule has 1 aliphatic rings. The largest absolute Gasteiger partial charge is 0.355 e. The summed E-state index contributed by atoms with van der Waals surface area (Å²) in [6.07, 6.45) is 1.55. The number of benzene rings is 2. The first-order valence-electron chi connectivity index (χ1n) is 11.1. The van der Waals surface area contributed by atoms with Crippen molar-refractivity contribution in [3.63, 3.8) is 0 Å². The fourth-order valence-electron chi connectivity index (χ4n) is 4.23. The van der Waals surface area contributed by atoms with E-state index >= 15 is 0 Å². The third-order valence-electron chi connectivity index (χ3n) is 5.99. The van der Waals surface area contributed by atoms with Crippen molar-refractivity contribution in [1.82, 2.24) is 25.1 Å². The number of aryl methyl sites for hydroxylation is 2. The highest BCUT2D eigenvalue weighted by Gasteiger charge is 2.35. The van der Waals surface area contributed by atoms with Gasteiger partial charge in [-0.25, -0.2) is 14.6 Å². The highest BCUT2D eigenvalue weighted by atomic mass is 16.2. The molecule has 33 heavy (non-hydrogen) atoms. The van der Waals surface area contributed by atoms with E-state index in [1.54, 1.807) is 6.33 Å². The van der Waals surface area contributed by atoms with Crippen molar-refractivity contribution in [2.75, 3.05) is 18.0 Å². The molecule has 0 unspecified atom stereocenters. The molecule has 4 aromatic rings. The van der Waals surface area contributed by atoms with Gasteiger partial charge in [0, 0.05) is 24.8 Å². The second kappa shape index (κ2) is 8.86. The van der Waals surface area contributed by atoms with Crippen LogP contribution in [0.4, 0.5) is 5.82 Å². The van der Waals surface area contributed by atoms with Crippen molar-refractivity contribution in [2.24, 2.45) is 5.92 Å². The number of anilines is 1. The van der Waals surface area contributed by atoms with E-state index in [-0.39, 0.29) is 17.9 Å². The van der Waals surface area contributed by atoms with Crippen LogP contribution in [0.5, 0.6) is 0 Å². The quantitative estimate of drug-likeness (QED) is 0.498. The van der Waals surface area contributed by atoms with Crippen molar-refractivity contribution in [3.8, 4) is 5.82 Å². The first-order valence-corrected chi connectivity index (χ1v) is 11.1. The maximum atomic E-state index is 13.1. The van der Waals surface area contributed by atoms with Gasteiger partial charge in [0.1, 0.15) is 12.1 Å². The van der Waals surface area contributed by atoms with Crippen LogP contribution in [0.1, 0.15) is 28.6 Å². The molecule has 166 valence electrons. The van der Waals surface area contributed by atoms with Gasteiger partial charge in [0.25, 0.3) is 0 Å². The lowest BCUT2D eigenvalue weighted by molar-refractivity contribution is -0.126. The highest BCUT2D eigenvalue weighted by molar-refractivity contribution is 5.82. The Morgan fingerprint density at radius 1 is 0.909 bits per heavy atom. The molecule has 2 aromatic carbocycles. The SMILES string of the molecule is Cc1cc(C)n(-c2cc(N3CC(C(=O)NC(c4ccccc4)c4ccccc4)C3)ncn2)n1. The van der Waals surface area contributed by atoms with Crippen molar-refractivity contribution in [3.05, 3.63) is 102 Å². The summed E-state index contributed by atoms with van der Waals surface area (Å²) in [5, 5.41) is 7.76. The van der Waals surface area contributed by atoms with E-state index in [9.17, 15) is 4.79 Å². The summed E-state index contributed by atoms with van der Waals surface area (Å²) in [6, 6.07) is 23.9. The van der Waals surface area contributed by atoms with Crippen LogP contribution in [0.3, 0.4) is 0 Å². The number of amides is 1. The fraction of sp³-hybridized carbons (Fsp3) is 0.231. The molecule has 0 bridgehead atoms. The minimum Gasteiger partial charge on any atom is -0.355 e. The maximum absolute atomic E-state index is 13.1.